The lowest BCUT2D eigenvalue weighted by molar-refractivity contribution is 0.373. The molecule has 2 N–H and O–H groups in total. The fourth-order valence-electron chi connectivity index (χ4n) is 1.48. The monoisotopic (exact) mass is 125 g/mol. The molecule has 0 bridgehead atoms. The highest BCUT2D eigenvalue weighted by atomic mass is 14.6. The predicted molar refractivity (Wildman–Crippen MR) is 40.1 cm³/mol. The van der Waals surface area contributed by atoms with Crippen LogP contribution in [0, 0.1) is 5.92 Å². The third-order valence-electron chi connectivity index (χ3n) is 2.09. The highest BCUT2D eigenvalue weighted by Gasteiger charge is 2.15. The summed E-state index contributed by atoms with van der Waals surface area (Å²) in [6.07, 6.45) is 7.00. The first-order chi connectivity index (χ1) is 4.33. The summed E-state index contributed by atoms with van der Waals surface area (Å²) in [6.45, 7) is 3.76. The molecule has 2 atom stereocenters. The summed E-state index contributed by atoms with van der Waals surface area (Å²) in [5, 5.41) is 0. The molecular weight excluding hydrogens is 110 g/mol. The minimum atomic E-state index is 0.446. The van der Waals surface area contributed by atoms with Crippen LogP contribution < -0.4 is 5.73 Å². The molecular formula is C8H15N. The minimum Gasteiger partial charge on any atom is -0.328 e. The zero-order valence-corrected chi connectivity index (χ0v) is 5.84. The lowest BCUT2D eigenvalue weighted by Crippen LogP contribution is -2.26. The molecule has 0 radical (unpaired) electrons. The molecule has 1 heteroatoms. The fourth-order valence-corrected chi connectivity index (χ4v) is 1.48. The fraction of sp³-hybridized carbons (Fsp3) is 0.750. The molecule has 52 valence electrons. The highest BCUT2D eigenvalue weighted by Crippen LogP contribution is 2.23. The molecule has 1 nitrogen and oxygen atoms in total. The molecule has 0 aromatic heterocycles. The van der Waals surface area contributed by atoms with Crippen LogP contribution in [-0.4, -0.2) is 6.04 Å². The number of rotatable bonds is 1. The lowest BCUT2D eigenvalue weighted by atomic mass is 9.86. The maximum atomic E-state index is 5.75. The van der Waals surface area contributed by atoms with Gasteiger partial charge < -0.3 is 5.73 Å². The molecule has 1 fully saturated rings. The third kappa shape index (κ3) is 1.83. The van der Waals surface area contributed by atoms with Gasteiger partial charge in [0.05, 0.1) is 0 Å². The summed E-state index contributed by atoms with van der Waals surface area (Å²) in [4.78, 5) is 0. The van der Waals surface area contributed by atoms with Crippen LogP contribution in [-0.2, 0) is 0 Å². The van der Waals surface area contributed by atoms with Gasteiger partial charge >= 0.3 is 0 Å². The van der Waals surface area contributed by atoms with Crippen LogP contribution in [0.1, 0.15) is 25.7 Å². The summed E-state index contributed by atoms with van der Waals surface area (Å²) in [5.74, 6) is 0.703. The van der Waals surface area contributed by atoms with Crippen molar-refractivity contribution in [2.45, 2.75) is 31.7 Å². The molecule has 1 aliphatic rings. The van der Waals surface area contributed by atoms with Gasteiger partial charge in [-0.25, -0.2) is 0 Å². The Morgan fingerprint density at radius 1 is 1.44 bits per heavy atom. The summed E-state index contributed by atoms with van der Waals surface area (Å²) < 4.78 is 0. The van der Waals surface area contributed by atoms with Crippen LogP contribution in [0.4, 0.5) is 0 Å². The van der Waals surface area contributed by atoms with Crippen molar-refractivity contribution in [3.05, 3.63) is 12.7 Å². The van der Waals surface area contributed by atoms with Crippen LogP contribution in [0.2, 0.25) is 0 Å². The van der Waals surface area contributed by atoms with E-state index in [2.05, 4.69) is 6.58 Å². The molecule has 0 unspecified atom stereocenters. The summed E-state index contributed by atoms with van der Waals surface area (Å²) in [7, 11) is 0. The average Bonchev–Trinajstić information content (AvgIpc) is 1.88. The van der Waals surface area contributed by atoms with Gasteiger partial charge in [-0.1, -0.05) is 12.5 Å². The molecule has 0 aliphatic heterocycles. The second-order valence-electron chi connectivity index (χ2n) is 2.92. The standard InChI is InChI=1S/C8H15N/c1-2-7-4-3-5-8(9)6-7/h2,7-8H,1,3-6,9H2/t7-,8-/m0/s1. The van der Waals surface area contributed by atoms with Crippen LogP contribution >= 0.6 is 0 Å². The Morgan fingerprint density at radius 3 is 2.67 bits per heavy atom. The Labute approximate surface area is 56.9 Å². The summed E-state index contributed by atoms with van der Waals surface area (Å²) in [5.41, 5.74) is 5.75. The van der Waals surface area contributed by atoms with Gasteiger partial charge in [0, 0.05) is 6.04 Å². The second-order valence-corrected chi connectivity index (χ2v) is 2.92. The van der Waals surface area contributed by atoms with Gasteiger partial charge in [-0.3, -0.25) is 0 Å². The van der Waals surface area contributed by atoms with Crippen molar-refractivity contribution < 1.29 is 0 Å². The van der Waals surface area contributed by atoms with Gasteiger partial charge in [0.25, 0.3) is 0 Å². The van der Waals surface area contributed by atoms with Crippen molar-refractivity contribution >= 4 is 0 Å². The third-order valence-corrected chi connectivity index (χ3v) is 2.09. The molecule has 0 heterocycles. The number of allylic oxidation sites excluding steroid dienone is 1. The number of hydrogen-bond acceptors (Lipinski definition) is 1. The highest BCUT2D eigenvalue weighted by molar-refractivity contribution is 4.85. The smallest absolute Gasteiger partial charge is 0.00444 e. The van der Waals surface area contributed by atoms with Gasteiger partial charge in [0.15, 0.2) is 0 Å². The molecule has 0 amide bonds. The zero-order chi connectivity index (χ0) is 6.69. The molecule has 9 heavy (non-hydrogen) atoms. The Hall–Kier alpha value is -0.300. The largest absolute Gasteiger partial charge is 0.328 e. The van der Waals surface area contributed by atoms with Gasteiger partial charge in [-0.2, -0.15) is 0 Å². The Balaban J connectivity index is 2.31. The van der Waals surface area contributed by atoms with Crippen LogP contribution in [0.25, 0.3) is 0 Å². The molecule has 0 spiro atoms. The SMILES string of the molecule is C=C[C@H]1CCC[C@H](N)C1. The van der Waals surface area contributed by atoms with E-state index >= 15 is 0 Å². The van der Waals surface area contributed by atoms with E-state index in [4.69, 9.17) is 5.73 Å². The average molecular weight is 125 g/mol. The van der Waals surface area contributed by atoms with Gasteiger partial charge in [-0.15, -0.1) is 6.58 Å². The van der Waals surface area contributed by atoms with E-state index in [1.807, 2.05) is 6.08 Å². The first-order valence-electron chi connectivity index (χ1n) is 3.71. The van der Waals surface area contributed by atoms with Gasteiger partial charge in [0.1, 0.15) is 0 Å². The van der Waals surface area contributed by atoms with Crippen molar-refractivity contribution in [2.24, 2.45) is 11.7 Å². The normalized spacial score (nSPS) is 36.1. The molecule has 0 aromatic rings. The number of hydrogen-bond donors (Lipinski definition) is 1. The van der Waals surface area contributed by atoms with E-state index < -0.39 is 0 Å². The minimum absolute atomic E-state index is 0.446. The van der Waals surface area contributed by atoms with E-state index in [0.717, 1.165) is 6.42 Å². The zero-order valence-electron chi connectivity index (χ0n) is 5.84. The van der Waals surface area contributed by atoms with Gasteiger partial charge in [-0.05, 0) is 25.2 Å². The van der Waals surface area contributed by atoms with E-state index in [0.29, 0.717) is 12.0 Å². The van der Waals surface area contributed by atoms with Crippen molar-refractivity contribution in [2.75, 3.05) is 0 Å². The quantitative estimate of drug-likeness (QED) is 0.530. The van der Waals surface area contributed by atoms with E-state index in [9.17, 15) is 0 Å². The lowest BCUT2D eigenvalue weighted by Gasteiger charge is -2.23. The van der Waals surface area contributed by atoms with Crippen molar-refractivity contribution in [1.82, 2.24) is 0 Å². The summed E-state index contributed by atoms with van der Waals surface area (Å²) >= 11 is 0. The second kappa shape index (κ2) is 3.02. The molecule has 1 saturated carbocycles. The first kappa shape index (κ1) is 6.81. The van der Waals surface area contributed by atoms with E-state index in [1.54, 1.807) is 0 Å². The van der Waals surface area contributed by atoms with E-state index in [1.165, 1.54) is 19.3 Å². The van der Waals surface area contributed by atoms with E-state index in [-0.39, 0.29) is 0 Å². The van der Waals surface area contributed by atoms with Crippen LogP contribution in [0.3, 0.4) is 0 Å². The molecule has 0 saturated heterocycles. The molecule has 1 aliphatic carbocycles. The van der Waals surface area contributed by atoms with Crippen LogP contribution in [0.15, 0.2) is 12.7 Å². The maximum Gasteiger partial charge on any atom is 0.00444 e. The summed E-state index contributed by atoms with van der Waals surface area (Å²) in [6, 6.07) is 0.446. The molecule has 1 rings (SSSR count). The topological polar surface area (TPSA) is 26.0 Å². The van der Waals surface area contributed by atoms with Gasteiger partial charge in [0.2, 0.25) is 0 Å². The predicted octanol–water partition coefficient (Wildman–Crippen LogP) is 1.69. The maximum absolute atomic E-state index is 5.75. The Kier molecular flexibility index (Phi) is 2.29. The van der Waals surface area contributed by atoms with Crippen molar-refractivity contribution in [3.8, 4) is 0 Å². The number of nitrogens with two attached hydrogens (primary N) is 1. The first-order valence-corrected chi connectivity index (χ1v) is 3.71. The van der Waals surface area contributed by atoms with Crippen LogP contribution in [0.5, 0.6) is 0 Å². The Bertz CT molecular complexity index is 98.7. The van der Waals surface area contributed by atoms with Crippen molar-refractivity contribution in [3.63, 3.8) is 0 Å². The molecule has 0 aromatic carbocycles. The van der Waals surface area contributed by atoms with Crippen molar-refractivity contribution in [1.29, 1.82) is 0 Å². The Morgan fingerprint density at radius 2 is 2.22 bits per heavy atom.